The van der Waals surface area contributed by atoms with E-state index < -0.39 is 6.10 Å². The number of para-hydroxylation sites is 1. The summed E-state index contributed by atoms with van der Waals surface area (Å²) in [5.41, 5.74) is 0.761. The minimum Gasteiger partial charge on any atom is -0.481 e. The largest absolute Gasteiger partial charge is 0.481 e. The van der Waals surface area contributed by atoms with Crippen LogP contribution in [0.2, 0.25) is 0 Å². The van der Waals surface area contributed by atoms with E-state index >= 15 is 0 Å². The first kappa shape index (κ1) is 17.2. The maximum absolute atomic E-state index is 12.2. The van der Waals surface area contributed by atoms with Gasteiger partial charge in [-0.25, -0.2) is 9.97 Å². The van der Waals surface area contributed by atoms with Gasteiger partial charge in [-0.15, -0.1) is 0 Å². The van der Waals surface area contributed by atoms with E-state index in [0.717, 1.165) is 18.8 Å². The minimum atomic E-state index is -0.581. The predicted molar refractivity (Wildman–Crippen MR) is 93.4 cm³/mol. The van der Waals surface area contributed by atoms with Crippen molar-refractivity contribution in [3.63, 3.8) is 0 Å². The van der Waals surface area contributed by atoms with Gasteiger partial charge < -0.3 is 19.7 Å². The predicted octanol–water partition coefficient (Wildman–Crippen LogP) is 1.40. The lowest BCUT2D eigenvalue weighted by Gasteiger charge is -2.26. The Morgan fingerprint density at radius 1 is 1.28 bits per heavy atom. The Bertz CT molecular complexity index is 690. The van der Waals surface area contributed by atoms with Gasteiger partial charge in [0.25, 0.3) is 5.91 Å². The number of ether oxygens (including phenoxy) is 2. The van der Waals surface area contributed by atoms with Crippen LogP contribution in [-0.4, -0.2) is 48.3 Å². The van der Waals surface area contributed by atoms with Crippen LogP contribution in [0.25, 0.3) is 0 Å². The fourth-order valence-corrected chi connectivity index (χ4v) is 2.48. The highest BCUT2D eigenvalue weighted by Gasteiger charge is 2.16. The molecule has 7 heteroatoms. The van der Waals surface area contributed by atoms with E-state index in [4.69, 9.17) is 9.47 Å². The van der Waals surface area contributed by atoms with E-state index in [1.807, 2.05) is 30.3 Å². The van der Waals surface area contributed by atoms with Gasteiger partial charge in [0.15, 0.2) is 6.10 Å². The quantitative estimate of drug-likeness (QED) is 0.855. The summed E-state index contributed by atoms with van der Waals surface area (Å²) in [6.07, 6.45) is 1.13. The van der Waals surface area contributed by atoms with Crippen molar-refractivity contribution in [1.29, 1.82) is 0 Å². The summed E-state index contributed by atoms with van der Waals surface area (Å²) in [6.45, 7) is 4.97. The monoisotopic (exact) mass is 342 g/mol. The van der Waals surface area contributed by atoms with Gasteiger partial charge in [-0.05, 0) is 25.1 Å². The molecule has 132 valence electrons. The number of benzene rings is 1. The molecule has 0 bridgehead atoms. The van der Waals surface area contributed by atoms with Crippen molar-refractivity contribution in [3.05, 3.63) is 48.3 Å². The third kappa shape index (κ3) is 4.90. The van der Waals surface area contributed by atoms with Crippen LogP contribution in [0.15, 0.2) is 42.6 Å². The number of hydrogen-bond donors (Lipinski definition) is 1. The highest BCUT2D eigenvalue weighted by atomic mass is 16.5. The van der Waals surface area contributed by atoms with Crippen LogP contribution < -0.4 is 15.0 Å². The Balaban J connectivity index is 1.53. The van der Waals surface area contributed by atoms with Gasteiger partial charge in [0.1, 0.15) is 5.75 Å². The second kappa shape index (κ2) is 8.43. The van der Waals surface area contributed by atoms with Crippen molar-refractivity contribution < 1.29 is 14.3 Å². The topological polar surface area (TPSA) is 76.6 Å². The standard InChI is InChI=1S/C18H22N4O3/c1-14(25-16-5-3-2-4-6-16)17(23)20-13-15-7-8-19-18(21-15)22-9-11-24-12-10-22/h2-8,14H,9-13H2,1H3,(H,20,23)/t14-/m1/s1. The molecule has 0 radical (unpaired) electrons. The maximum atomic E-state index is 12.2. The van der Waals surface area contributed by atoms with Gasteiger partial charge in [-0.2, -0.15) is 0 Å². The summed E-state index contributed by atoms with van der Waals surface area (Å²) < 4.78 is 11.0. The third-order valence-corrected chi connectivity index (χ3v) is 3.86. The Kier molecular flexibility index (Phi) is 5.79. The van der Waals surface area contributed by atoms with Gasteiger partial charge >= 0.3 is 0 Å². The molecule has 1 aliphatic heterocycles. The number of rotatable bonds is 6. The minimum absolute atomic E-state index is 0.185. The molecule has 0 spiro atoms. The van der Waals surface area contributed by atoms with Crippen LogP contribution in [-0.2, 0) is 16.1 Å². The summed E-state index contributed by atoms with van der Waals surface area (Å²) in [4.78, 5) is 23.1. The average Bonchev–Trinajstić information content (AvgIpc) is 2.68. The average molecular weight is 342 g/mol. The first-order valence-corrected chi connectivity index (χ1v) is 8.36. The molecule has 1 fully saturated rings. The number of morpholine rings is 1. The van der Waals surface area contributed by atoms with Crippen LogP contribution in [0.4, 0.5) is 5.95 Å². The summed E-state index contributed by atoms with van der Waals surface area (Å²) in [6, 6.07) is 11.1. The van der Waals surface area contributed by atoms with Gasteiger partial charge in [-0.3, -0.25) is 4.79 Å². The number of carbonyl (C=O) groups excluding carboxylic acids is 1. The van der Waals surface area contributed by atoms with E-state index in [1.165, 1.54) is 0 Å². The van der Waals surface area contributed by atoms with E-state index in [9.17, 15) is 4.79 Å². The van der Waals surface area contributed by atoms with Crippen LogP contribution in [0, 0.1) is 0 Å². The second-order valence-electron chi connectivity index (χ2n) is 5.74. The molecule has 1 saturated heterocycles. The van der Waals surface area contributed by atoms with Gasteiger partial charge in [0.2, 0.25) is 5.95 Å². The molecular weight excluding hydrogens is 320 g/mol. The number of nitrogens with one attached hydrogen (secondary N) is 1. The lowest BCUT2D eigenvalue weighted by Crippen LogP contribution is -2.38. The molecule has 25 heavy (non-hydrogen) atoms. The molecule has 1 aromatic heterocycles. The highest BCUT2D eigenvalue weighted by molar-refractivity contribution is 5.80. The lowest BCUT2D eigenvalue weighted by atomic mass is 10.3. The molecule has 7 nitrogen and oxygen atoms in total. The van der Waals surface area contributed by atoms with Crippen molar-refractivity contribution in [1.82, 2.24) is 15.3 Å². The van der Waals surface area contributed by atoms with E-state index in [2.05, 4.69) is 20.2 Å². The zero-order valence-electron chi connectivity index (χ0n) is 14.2. The fourth-order valence-electron chi connectivity index (χ4n) is 2.48. The zero-order valence-corrected chi connectivity index (χ0v) is 14.2. The number of hydrogen-bond acceptors (Lipinski definition) is 6. The number of nitrogens with zero attached hydrogens (tertiary/aromatic N) is 3. The molecule has 2 heterocycles. The molecule has 0 unspecified atom stereocenters. The Labute approximate surface area is 147 Å². The van der Waals surface area contributed by atoms with Crippen molar-refractivity contribution in [2.75, 3.05) is 31.2 Å². The van der Waals surface area contributed by atoms with E-state index in [-0.39, 0.29) is 5.91 Å². The van der Waals surface area contributed by atoms with Crippen molar-refractivity contribution in [2.24, 2.45) is 0 Å². The van der Waals surface area contributed by atoms with Gasteiger partial charge in [-0.1, -0.05) is 18.2 Å². The Morgan fingerprint density at radius 2 is 2.04 bits per heavy atom. The van der Waals surface area contributed by atoms with Crippen LogP contribution in [0.5, 0.6) is 5.75 Å². The fraction of sp³-hybridized carbons (Fsp3) is 0.389. The second-order valence-corrected chi connectivity index (χ2v) is 5.74. The summed E-state index contributed by atoms with van der Waals surface area (Å²) >= 11 is 0. The molecule has 0 aliphatic carbocycles. The van der Waals surface area contributed by atoms with Crippen LogP contribution in [0.1, 0.15) is 12.6 Å². The summed E-state index contributed by atoms with van der Waals surface area (Å²) in [5.74, 6) is 1.15. The molecule has 1 aromatic carbocycles. The van der Waals surface area contributed by atoms with E-state index in [0.29, 0.717) is 31.5 Å². The smallest absolute Gasteiger partial charge is 0.261 e. The maximum Gasteiger partial charge on any atom is 0.261 e. The first-order chi connectivity index (χ1) is 12.2. The van der Waals surface area contributed by atoms with Crippen molar-refractivity contribution in [2.45, 2.75) is 19.6 Å². The number of anilines is 1. The molecule has 1 atom stereocenters. The van der Waals surface area contributed by atoms with Crippen LogP contribution >= 0.6 is 0 Å². The molecule has 1 aliphatic rings. The third-order valence-electron chi connectivity index (χ3n) is 3.86. The summed E-state index contributed by atoms with van der Waals surface area (Å²) in [7, 11) is 0. The van der Waals surface area contributed by atoms with Gasteiger partial charge in [0, 0.05) is 19.3 Å². The lowest BCUT2D eigenvalue weighted by molar-refractivity contribution is -0.127. The molecular formula is C18H22N4O3. The summed E-state index contributed by atoms with van der Waals surface area (Å²) in [5, 5.41) is 2.85. The normalized spacial score (nSPS) is 15.5. The van der Waals surface area contributed by atoms with Gasteiger partial charge in [0.05, 0.1) is 25.5 Å². The zero-order chi connectivity index (χ0) is 17.5. The van der Waals surface area contributed by atoms with E-state index in [1.54, 1.807) is 19.2 Å². The molecule has 3 rings (SSSR count). The van der Waals surface area contributed by atoms with Crippen LogP contribution in [0.3, 0.4) is 0 Å². The SMILES string of the molecule is C[C@@H](Oc1ccccc1)C(=O)NCc1ccnc(N2CCOCC2)n1. The molecule has 1 amide bonds. The molecule has 0 saturated carbocycles. The molecule has 2 aromatic rings. The number of aromatic nitrogens is 2. The highest BCUT2D eigenvalue weighted by Crippen LogP contribution is 2.12. The number of carbonyl (C=O) groups is 1. The number of amides is 1. The Hall–Kier alpha value is -2.67. The Morgan fingerprint density at radius 3 is 2.80 bits per heavy atom. The van der Waals surface area contributed by atoms with Crippen molar-refractivity contribution >= 4 is 11.9 Å². The first-order valence-electron chi connectivity index (χ1n) is 8.36. The molecule has 1 N–H and O–H groups in total. The van der Waals surface area contributed by atoms with Crippen molar-refractivity contribution in [3.8, 4) is 5.75 Å².